The van der Waals surface area contributed by atoms with Crippen LogP contribution in [-0.4, -0.2) is 17.6 Å². The monoisotopic (exact) mass is 318 g/mol. The van der Waals surface area contributed by atoms with E-state index in [-0.39, 0.29) is 17.2 Å². The van der Waals surface area contributed by atoms with Gasteiger partial charge >= 0.3 is 0 Å². The predicted octanol–water partition coefficient (Wildman–Crippen LogP) is 2.52. The summed E-state index contributed by atoms with van der Waals surface area (Å²) in [5.41, 5.74) is 5.47. The fraction of sp³-hybridized carbons (Fsp3) is 0.125. The van der Waals surface area contributed by atoms with Gasteiger partial charge in [-0.25, -0.2) is 4.39 Å². The summed E-state index contributed by atoms with van der Waals surface area (Å²) in [5, 5.41) is 0. The summed E-state index contributed by atoms with van der Waals surface area (Å²) >= 11 is 1.43. The topological polar surface area (TPSA) is 58.2 Å². The van der Waals surface area contributed by atoms with Crippen LogP contribution in [0.1, 0.15) is 15.9 Å². The van der Waals surface area contributed by atoms with Gasteiger partial charge in [-0.3, -0.25) is 20.4 Å². The lowest BCUT2D eigenvalue weighted by Gasteiger charge is -2.08. The minimum absolute atomic E-state index is 0.111. The van der Waals surface area contributed by atoms with E-state index < -0.39 is 11.7 Å². The highest BCUT2D eigenvalue weighted by atomic mass is 32.2. The number of benzene rings is 2. The second-order valence-corrected chi connectivity index (χ2v) is 5.45. The lowest BCUT2D eigenvalue weighted by molar-refractivity contribution is -0.119. The van der Waals surface area contributed by atoms with Crippen molar-refractivity contribution in [2.24, 2.45) is 0 Å². The lowest BCUT2D eigenvalue weighted by atomic mass is 10.2. The SMILES string of the molecule is O=C(CSCc1ccccc1)NNC(=O)c1ccccc1F. The van der Waals surface area contributed by atoms with E-state index in [4.69, 9.17) is 0 Å². The molecule has 0 saturated heterocycles. The zero-order chi connectivity index (χ0) is 15.8. The van der Waals surface area contributed by atoms with Crippen molar-refractivity contribution in [3.05, 3.63) is 71.5 Å². The van der Waals surface area contributed by atoms with Gasteiger partial charge in [0.1, 0.15) is 5.82 Å². The maximum absolute atomic E-state index is 13.4. The number of hydrogen-bond donors (Lipinski definition) is 2. The molecule has 2 rings (SSSR count). The van der Waals surface area contributed by atoms with Gasteiger partial charge in [0.15, 0.2) is 0 Å². The average molecular weight is 318 g/mol. The molecule has 0 aliphatic rings. The second kappa shape index (κ2) is 8.19. The van der Waals surface area contributed by atoms with Gasteiger partial charge in [-0.05, 0) is 17.7 Å². The van der Waals surface area contributed by atoms with Gasteiger partial charge in [0.25, 0.3) is 5.91 Å². The van der Waals surface area contributed by atoms with Crippen molar-refractivity contribution < 1.29 is 14.0 Å². The maximum Gasteiger partial charge on any atom is 0.272 e. The van der Waals surface area contributed by atoms with Crippen LogP contribution < -0.4 is 10.9 Å². The minimum Gasteiger partial charge on any atom is -0.272 e. The maximum atomic E-state index is 13.4. The van der Waals surface area contributed by atoms with E-state index in [1.807, 2.05) is 30.3 Å². The smallest absolute Gasteiger partial charge is 0.272 e. The van der Waals surface area contributed by atoms with E-state index in [1.165, 1.54) is 30.0 Å². The van der Waals surface area contributed by atoms with E-state index in [0.29, 0.717) is 5.75 Å². The summed E-state index contributed by atoms with van der Waals surface area (Å²) in [5.74, 6) is -0.750. The Morgan fingerprint density at radius 1 is 0.955 bits per heavy atom. The number of halogens is 1. The largest absolute Gasteiger partial charge is 0.272 e. The van der Waals surface area contributed by atoms with Crippen LogP contribution in [0.15, 0.2) is 54.6 Å². The fourth-order valence-corrected chi connectivity index (χ4v) is 2.50. The van der Waals surface area contributed by atoms with Crippen molar-refractivity contribution in [3.8, 4) is 0 Å². The summed E-state index contributed by atoms with van der Waals surface area (Å²) in [6, 6.07) is 15.3. The summed E-state index contributed by atoms with van der Waals surface area (Å²) in [4.78, 5) is 23.3. The van der Waals surface area contributed by atoms with E-state index in [0.717, 1.165) is 5.56 Å². The Morgan fingerprint density at radius 3 is 2.36 bits per heavy atom. The standard InChI is InChI=1S/C16H15FN2O2S/c17-14-9-5-4-8-13(14)16(21)19-18-15(20)11-22-10-12-6-2-1-3-7-12/h1-9H,10-11H2,(H,18,20)(H,19,21). The molecular formula is C16H15FN2O2S. The molecule has 114 valence electrons. The van der Waals surface area contributed by atoms with Crippen LogP contribution in [0.4, 0.5) is 4.39 Å². The van der Waals surface area contributed by atoms with E-state index in [2.05, 4.69) is 10.9 Å². The van der Waals surface area contributed by atoms with Crippen LogP contribution in [0, 0.1) is 5.82 Å². The number of hydrazine groups is 1. The van der Waals surface area contributed by atoms with Crippen molar-refractivity contribution in [3.63, 3.8) is 0 Å². The molecule has 0 atom stereocenters. The minimum atomic E-state index is -0.681. The third-order valence-corrected chi connectivity index (χ3v) is 3.78. The molecular weight excluding hydrogens is 303 g/mol. The number of hydrogen-bond acceptors (Lipinski definition) is 3. The number of carbonyl (C=O) groups is 2. The van der Waals surface area contributed by atoms with Gasteiger partial charge in [-0.2, -0.15) is 0 Å². The summed E-state index contributed by atoms with van der Waals surface area (Å²) in [7, 11) is 0. The van der Waals surface area contributed by atoms with Crippen LogP contribution >= 0.6 is 11.8 Å². The highest BCUT2D eigenvalue weighted by Crippen LogP contribution is 2.11. The number of carbonyl (C=O) groups excluding carboxylic acids is 2. The summed E-state index contributed by atoms with van der Waals surface area (Å²) in [6.45, 7) is 0. The van der Waals surface area contributed by atoms with Crippen molar-refractivity contribution in [1.29, 1.82) is 0 Å². The average Bonchev–Trinajstić information content (AvgIpc) is 2.54. The molecule has 6 heteroatoms. The molecule has 4 nitrogen and oxygen atoms in total. The first-order valence-corrected chi connectivity index (χ1v) is 7.77. The zero-order valence-electron chi connectivity index (χ0n) is 11.7. The number of thioether (sulfide) groups is 1. The van der Waals surface area contributed by atoms with Crippen molar-refractivity contribution >= 4 is 23.6 Å². The van der Waals surface area contributed by atoms with Gasteiger partial charge in [-0.15, -0.1) is 11.8 Å². The predicted molar refractivity (Wildman–Crippen MR) is 84.6 cm³/mol. The molecule has 0 bridgehead atoms. The van der Waals surface area contributed by atoms with E-state index in [1.54, 1.807) is 6.07 Å². The Labute approximate surface area is 132 Å². The van der Waals surface area contributed by atoms with Crippen molar-refractivity contribution in [1.82, 2.24) is 10.9 Å². The molecule has 2 amide bonds. The first-order chi connectivity index (χ1) is 10.7. The molecule has 0 fully saturated rings. The van der Waals surface area contributed by atoms with Crippen molar-refractivity contribution in [2.75, 3.05) is 5.75 Å². The van der Waals surface area contributed by atoms with Crippen LogP contribution in [-0.2, 0) is 10.5 Å². The van der Waals surface area contributed by atoms with Gasteiger partial charge < -0.3 is 0 Å². The highest BCUT2D eigenvalue weighted by Gasteiger charge is 2.11. The fourth-order valence-electron chi connectivity index (χ4n) is 1.71. The Balaban J connectivity index is 1.72. The third-order valence-electron chi connectivity index (χ3n) is 2.78. The molecule has 0 spiro atoms. The van der Waals surface area contributed by atoms with Gasteiger partial charge in [0.05, 0.1) is 11.3 Å². The molecule has 2 aromatic rings. The Bertz CT molecular complexity index is 650. The Kier molecular flexibility index (Phi) is 5.97. The van der Waals surface area contributed by atoms with E-state index in [9.17, 15) is 14.0 Å². The van der Waals surface area contributed by atoms with Crippen LogP contribution in [0.5, 0.6) is 0 Å². The lowest BCUT2D eigenvalue weighted by Crippen LogP contribution is -2.42. The quantitative estimate of drug-likeness (QED) is 0.833. The van der Waals surface area contributed by atoms with Crippen molar-refractivity contribution in [2.45, 2.75) is 5.75 Å². The first kappa shape index (κ1) is 16.0. The summed E-state index contributed by atoms with van der Waals surface area (Å²) in [6.07, 6.45) is 0. The van der Waals surface area contributed by atoms with Crippen LogP contribution in [0.3, 0.4) is 0 Å². The first-order valence-electron chi connectivity index (χ1n) is 6.62. The molecule has 0 radical (unpaired) electrons. The summed E-state index contributed by atoms with van der Waals surface area (Å²) < 4.78 is 13.4. The molecule has 0 unspecified atom stereocenters. The molecule has 2 N–H and O–H groups in total. The zero-order valence-corrected chi connectivity index (χ0v) is 12.5. The molecule has 0 aliphatic heterocycles. The molecule has 2 aromatic carbocycles. The van der Waals surface area contributed by atoms with Gasteiger partial charge in [0.2, 0.25) is 5.91 Å². The van der Waals surface area contributed by atoms with Gasteiger partial charge in [0, 0.05) is 5.75 Å². The molecule has 22 heavy (non-hydrogen) atoms. The molecule has 0 aliphatic carbocycles. The normalized spacial score (nSPS) is 10.0. The number of rotatable bonds is 5. The number of amides is 2. The molecule has 0 aromatic heterocycles. The Morgan fingerprint density at radius 2 is 1.64 bits per heavy atom. The van der Waals surface area contributed by atoms with Gasteiger partial charge in [-0.1, -0.05) is 42.5 Å². The number of nitrogens with one attached hydrogen (secondary N) is 2. The highest BCUT2D eigenvalue weighted by molar-refractivity contribution is 7.99. The van der Waals surface area contributed by atoms with Crippen LogP contribution in [0.25, 0.3) is 0 Å². The van der Waals surface area contributed by atoms with Crippen LogP contribution in [0.2, 0.25) is 0 Å². The molecule has 0 heterocycles. The van der Waals surface area contributed by atoms with E-state index >= 15 is 0 Å². The molecule has 0 saturated carbocycles. The Hall–Kier alpha value is -2.34. The third kappa shape index (κ3) is 4.89. The second-order valence-electron chi connectivity index (χ2n) is 4.46.